The fraction of sp³-hybridized carbons (Fsp3) is 0.357. The first-order valence-corrected chi connectivity index (χ1v) is 6.08. The molecular weight excluding hydrogens is 210 g/mol. The molecule has 2 aromatic heterocycles. The standard InChI is InChI=1S/C14H19N3/c1-3-17-9-5-7-14(17)11-16-12(2)13-6-4-8-15-10-13/h4-10,12,16H,3,11H2,1-2H3/t12-/m1/s1. The lowest BCUT2D eigenvalue weighted by atomic mass is 10.1. The monoisotopic (exact) mass is 229 g/mol. The van der Waals surface area contributed by atoms with E-state index in [0.29, 0.717) is 6.04 Å². The Morgan fingerprint density at radius 1 is 1.35 bits per heavy atom. The van der Waals surface area contributed by atoms with Gasteiger partial charge in [-0.15, -0.1) is 0 Å². The molecule has 0 spiro atoms. The van der Waals surface area contributed by atoms with Crippen molar-refractivity contribution in [3.8, 4) is 0 Å². The molecule has 1 atom stereocenters. The summed E-state index contributed by atoms with van der Waals surface area (Å²) in [6.45, 7) is 6.23. The topological polar surface area (TPSA) is 29.9 Å². The van der Waals surface area contributed by atoms with Crippen molar-refractivity contribution in [1.29, 1.82) is 0 Å². The first kappa shape index (κ1) is 11.9. The molecule has 3 nitrogen and oxygen atoms in total. The van der Waals surface area contributed by atoms with Crippen LogP contribution >= 0.6 is 0 Å². The van der Waals surface area contributed by atoms with Crippen molar-refractivity contribution in [3.63, 3.8) is 0 Å². The van der Waals surface area contributed by atoms with Gasteiger partial charge < -0.3 is 9.88 Å². The molecule has 2 heterocycles. The second-order valence-electron chi connectivity index (χ2n) is 4.17. The Kier molecular flexibility index (Phi) is 3.94. The van der Waals surface area contributed by atoms with Gasteiger partial charge in [-0.05, 0) is 37.6 Å². The quantitative estimate of drug-likeness (QED) is 0.854. The van der Waals surface area contributed by atoms with E-state index in [-0.39, 0.29) is 0 Å². The normalized spacial score (nSPS) is 12.6. The summed E-state index contributed by atoms with van der Waals surface area (Å²) in [5.41, 5.74) is 2.55. The lowest BCUT2D eigenvalue weighted by molar-refractivity contribution is 0.548. The maximum atomic E-state index is 4.14. The average Bonchev–Trinajstić information content (AvgIpc) is 2.84. The molecule has 0 bridgehead atoms. The van der Waals surface area contributed by atoms with Crippen LogP contribution in [0.2, 0.25) is 0 Å². The van der Waals surface area contributed by atoms with E-state index in [1.165, 1.54) is 11.3 Å². The van der Waals surface area contributed by atoms with E-state index in [4.69, 9.17) is 0 Å². The van der Waals surface area contributed by atoms with Crippen LogP contribution in [0.3, 0.4) is 0 Å². The Balaban J connectivity index is 1.95. The molecule has 17 heavy (non-hydrogen) atoms. The minimum absolute atomic E-state index is 0.323. The molecule has 0 unspecified atom stereocenters. The van der Waals surface area contributed by atoms with E-state index in [0.717, 1.165) is 13.1 Å². The summed E-state index contributed by atoms with van der Waals surface area (Å²) in [5, 5.41) is 3.52. The molecule has 0 fully saturated rings. The SMILES string of the molecule is CCn1cccc1CN[C@H](C)c1cccnc1. The Bertz CT molecular complexity index is 448. The molecular formula is C14H19N3. The van der Waals surface area contributed by atoms with E-state index in [9.17, 15) is 0 Å². The van der Waals surface area contributed by atoms with Crippen LogP contribution in [0.25, 0.3) is 0 Å². The Labute approximate surface area is 103 Å². The van der Waals surface area contributed by atoms with Gasteiger partial charge in [-0.2, -0.15) is 0 Å². The highest BCUT2D eigenvalue weighted by atomic mass is 15.0. The number of pyridine rings is 1. The largest absolute Gasteiger partial charge is 0.351 e. The highest BCUT2D eigenvalue weighted by molar-refractivity contribution is 5.13. The first-order valence-electron chi connectivity index (χ1n) is 6.08. The average molecular weight is 229 g/mol. The third-order valence-corrected chi connectivity index (χ3v) is 3.04. The molecule has 0 aliphatic heterocycles. The second kappa shape index (κ2) is 5.64. The summed E-state index contributed by atoms with van der Waals surface area (Å²) in [5.74, 6) is 0. The number of hydrogen-bond acceptors (Lipinski definition) is 2. The van der Waals surface area contributed by atoms with Gasteiger partial charge in [-0.1, -0.05) is 6.07 Å². The zero-order chi connectivity index (χ0) is 12.1. The van der Waals surface area contributed by atoms with Crippen molar-refractivity contribution in [3.05, 3.63) is 54.1 Å². The van der Waals surface area contributed by atoms with Gasteiger partial charge in [-0.25, -0.2) is 0 Å². The van der Waals surface area contributed by atoms with Gasteiger partial charge in [0.1, 0.15) is 0 Å². The molecule has 1 N–H and O–H groups in total. The lowest BCUT2D eigenvalue weighted by Gasteiger charge is -2.14. The summed E-state index contributed by atoms with van der Waals surface area (Å²) < 4.78 is 2.25. The first-order chi connectivity index (χ1) is 8.31. The molecule has 0 aliphatic rings. The Morgan fingerprint density at radius 3 is 2.94 bits per heavy atom. The van der Waals surface area contributed by atoms with E-state index >= 15 is 0 Å². The van der Waals surface area contributed by atoms with Crippen molar-refractivity contribution in [2.75, 3.05) is 0 Å². The zero-order valence-electron chi connectivity index (χ0n) is 10.4. The highest BCUT2D eigenvalue weighted by Crippen LogP contribution is 2.11. The van der Waals surface area contributed by atoms with Crippen LogP contribution in [0.4, 0.5) is 0 Å². The zero-order valence-corrected chi connectivity index (χ0v) is 10.4. The molecule has 0 aromatic carbocycles. The van der Waals surface area contributed by atoms with Crippen LogP contribution in [-0.2, 0) is 13.1 Å². The number of hydrogen-bond donors (Lipinski definition) is 1. The molecule has 0 saturated heterocycles. The molecule has 90 valence electrons. The van der Waals surface area contributed by atoms with Crippen LogP contribution < -0.4 is 5.32 Å². The third kappa shape index (κ3) is 2.94. The minimum Gasteiger partial charge on any atom is -0.351 e. The molecule has 0 saturated carbocycles. The maximum Gasteiger partial charge on any atom is 0.0364 e. The van der Waals surface area contributed by atoms with Gasteiger partial charge in [0.05, 0.1) is 0 Å². The van der Waals surface area contributed by atoms with E-state index in [1.54, 1.807) is 6.20 Å². The number of nitrogens with zero attached hydrogens (tertiary/aromatic N) is 2. The summed E-state index contributed by atoms with van der Waals surface area (Å²) in [7, 11) is 0. The summed E-state index contributed by atoms with van der Waals surface area (Å²) in [6.07, 6.45) is 5.83. The lowest BCUT2D eigenvalue weighted by Crippen LogP contribution is -2.19. The summed E-state index contributed by atoms with van der Waals surface area (Å²) in [4.78, 5) is 4.14. The molecule has 2 aromatic rings. The third-order valence-electron chi connectivity index (χ3n) is 3.04. The molecule has 0 radical (unpaired) electrons. The predicted molar refractivity (Wildman–Crippen MR) is 69.6 cm³/mol. The summed E-state index contributed by atoms with van der Waals surface area (Å²) >= 11 is 0. The molecule has 2 rings (SSSR count). The minimum atomic E-state index is 0.323. The predicted octanol–water partition coefficient (Wildman–Crippen LogP) is 2.75. The second-order valence-corrected chi connectivity index (χ2v) is 4.17. The van der Waals surface area contributed by atoms with Gasteiger partial charge in [0, 0.05) is 43.4 Å². The van der Waals surface area contributed by atoms with Gasteiger partial charge >= 0.3 is 0 Å². The Morgan fingerprint density at radius 2 is 2.24 bits per heavy atom. The highest BCUT2D eigenvalue weighted by Gasteiger charge is 2.05. The molecule has 0 amide bonds. The number of aryl methyl sites for hydroxylation is 1. The fourth-order valence-corrected chi connectivity index (χ4v) is 1.93. The van der Waals surface area contributed by atoms with Crippen LogP contribution in [0.15, 0.2) is 42.9 Å². The van der Waals surface area contributed by atoms with Crippen LogP contribution in [0.5, 0.6) is 0 Å². The van der Waals surface area contributed by atoms with Gasteiger partial charge in [0.25, 0.3) is 0 Å². The maximum absolute atomic E-state index is 4.14. The van der Waals surface area contributed by atoms with Crippen LogP contribution in [0.1, 0.15) is 31.1 Å². The van der Waals surface area contributed by atoms with Crippen molar-refractivity contribution in [2.45, 2.75) is 33.0 Å². The van der Waals surface area contributed by atoms with Gasteiger partial charge in [0.15, 0.2) is 0 Å². The van der Waals surface area contributed by atoms with E-state index < -0.39 is 0 Å². The van der Waals surface area contributed by atoms with Gasteiger partial charge in [0.2, 0.25) is 0 Å². The molecule has 0 aliphatic carbocycles. The van der Waals surface area contributed by atoms with E-state index in [1.807, 2.05) is 12.3 Å². The van der Waals surface area contributed by atoms with Gasteiger partial charge in [-0.3, -0.25) is 4.98 Å². The van der Waals surface area contributed by atoms with Crippen molar-refractivity contribution < 1.29 is 0 Å². The summed E-state index contributed by atoms with van der Waals surface area (Å²) in [6, 6.07) is 8.65. The number of rotatable bonds is 5. The Hall–Kier alpha value is -1.61. The van der Waals surface area contributed by atoms with Crippen molar-refractivity contribution in [2.24, 2.45) is 0 Å². The van der Waals surface area contributed by atoms with E-state index in [2.05, 4.69) is 53.1 Å². The fourth-order valence-electron chi connectivity index (χ4n) is 1.93. The molecule has 3 heteroatoms. The van der Waals surface area contributed by atoms with Crippen molar-refractivity contribution in [1.82, 2.24) is 14.9 Å². The smallest absolute Gasteiger partial charge is 0.0364 e. The number of nitrogens with one attached hydrogen (secondary N) is 1. The van der Waals surface area contributed by atoms with Crippen molar-refractivity contribution >= 4 is 0 Å². The van der Waals surface area contributed by atoms with Crippen LogP contribution in [-0.4, -0.2) is 9.55 Å². The number of aromatic nitrogens is 2. The van der Waals surface area contributed by atoms with Crippen LogP contribution in [0, 0.1) is 0 Å².